The number of methoxy groups -OCH3 is 1. The largest absolute Gasteiger partial charge is 0.463 e. The van der Waals surface area contributed by atoms with Gasteiger partial charge in [-0.3, -0.25) is 9.59 Å². The highest BCUT2D eigenvalue weighted by Crippen LogP contribution is 2.13. The molecule has 0 amide bonds. The Morgan fingerprint density at radius 2 is 1.61 bits per heavy atom. The molecule has 5 heteroatoms. The monoisotopic (exact) mass is 398 g/mol. The molecule has 5 nitrogen and oxygen atoms in total. The third-order valence-electron chi connectivity index (χ3n) is 4.58. The van der Waals surface area contributed by atoms with Gasteiger partial charge >= 0.3 is 11.9 Å². The van der Waals surface area contributed by atoms with Gasteiger partial charge in [0, 0.05) is 26.9 Å². The first kappa shape index (κ1) is 26.6. The van der Waals surface area contributed by atoms with Crippen LogP contribution in [0.2, 0.25) is 0 Å². The second-order valence-electron chi connectivity index (χ2n) is 7.31. The van der Waals surface area contributed by atoms with Gasteiger partial charge in [-0.05, 0) is 32.1 Å². The molecule has 0 saturated carbocycles. The highest BCUT2D eigenvalue weighted by molar-refractivity contribution is 5.69. The van der Waals surface area contributed by atoms with Crippen LogP contribution in [0.4, 0.5) is 0 Å². The van der Waals surface area contributed by atoms with Crippen molar-refractivity contribution in [3.8, 4) is 0 Å². The standard InChI is InChI=1S/C23H42O5/c1-4-5-6-13-16-22(28-21(2)24)17-14-11-9-7-8-10-12-15-18-23(25)27-20-19-26-3/h11,14,22H,4-10,12-13,15-20H2,1-3H3/b14-11+. The zero-order valence-corrected chi connectivity index (χ0v) is 18.4. The minimum Gasteiger partial charge on any atom is -0.463 e. The lowest BCUT2D eigenvalue weighted by atomic mass is 10.1. The predicted molar refractivity (Wildman–Crippen MR) is 113 cm³/mol. The number of ether oxygens (including phenoxy) is 3. The summed E-state index contributed by atoms with van der Waals surface area (Å²) in [6, 6.07) is 0. The summed E-state index contributed by atoms with van der Waals surface area (Å²) in [5.41, 5.74) is 0. The number of allylic oxidation sites excluding steroid dienone is 1. The van der Waals surface area contributed by atoms with E-state index in [2.05, 4.69) is 19.1 Å². The summed E-state index contributed by atoms with van der Waals surface area (Å²) in [5, 5.41) is 0. The summed E-state index contributed by atoms with van der Waals surface area (Å²) in [6.07, 6.45) is 17.9. The summed E-state index contributed by atoms with van der Waals surface area (Å²) in [4.78, 5) is 22.7. The zero-order chi connectivity index (χ0) is 20.9. The van der Waals surface area contributed by atoms with Crippen LogP contribution in [-0.2, 0) is 23.8 Å². The first-order valence-electron chi connectivity index (χ1n) is 11.1. The molecule has 1 unspecified atom stereocenters. The molecule has 0 aromatic rings. The maximum absolute atomic E-state index is 11.4. The summed E-state index contributed by atoms with van der Waals surface area (Å²) in [7, 11) is 1.59. The van der Waals surface area contributed by atoms with Crippen molar-refractivity contribution in [2.24, 2.45) is 0 Å². The molecule has 0 aliphatic heterocycles. The van der Waals surface area contributed by atoms with E-state index in [4.69, 9.17) is 14.2 Å². The first-order valence-corrected chi connectivity index (χ1v) is 11.1. The van der Waals surface area contributed by atoms with Gasteiger partial charge in [0.15, 0.2) is 0 Å². The number of carbonyl (C=O) groups excluding carboxylic acids is 2. The maximum atomic E-state index is 11.4. The Balaban J connectivity index is 3.64. The van der Waals surface area contributed by atoms with Crippen LogP contribution in [0, 0.1) is 0 Å². The number of esters is 2. The Hall–Kier alpha value is -1.36. The molecule has 0 aliphatic rings. The highest BCUT2D eigenvalue weighted by Gasteiger charge is 2.09. The lowest BCUT2D eigenvalue weighted by Crippen LogP contribution is -2.15. The molecule has 0 aliphatic carbocycles. The summed E-state index contributed by atoms with van der Waals surface area (Å²) in [6.45, 7) is 4.49. The van der Waals surface area contributed by atoms with Crippen LogP contribution < -0.4 is 0 Å². The van der Waals surface area contributed by atoms with E-state index in [0.717, 1.165) is 51.4 Å². The fourth-order valence-corrected chi connectivity index (χ4v) is 3.00. The first-order chi connectivity index (χ1) is 13.6. The van der Waals surface area contributed by atoms with Gasteiger partial charge in [-0.2, -0.15) is 0 Å². The van der Waals surface area contributed by atoms with Crippen molar-refractivity contribution in [1.82, 2.24) is 0 Å². The molecule has 28 heavy (non-hydrogen) atoms. The van der Waals surface area contributed by atoms with E-state index in [1.165, 1.54) is 32.6 Å². The molecule has 164 valence electrons. The van der Waals surface area contributed by atoms with Crippen LogP contribution in [0.15, 0.2) is 12.2 Å². The zero-order valence-electron chi connectivity index (χ0n) is 18.4. The van der Waals surface area contributed by atoms with Crippen molar-refractivity contribution in [3.05, 3.63) is 12.2 Å². The van der Waals surface area contributed by atoms with Gasteiger partial charge in [0.2, 0.25) is 0 Å². The van der Waals surface area contributed by atoms with E-state index in [9.17, 15) is 9.59 Å². The Morgan fingerprint density at radius 3 is 2.32 bits per heavy atom. The Morgan fingerprint density at radius 1 is 0.893 bits per heavy atom. The molecule has 0 aromatic heterocycles. The highest BCUT2D eigenvalue weighted by atomic mass is 16.6. The minimum absolute atomic E-state index is 0.0225. The van der Waals surface area contributed by atoms with E-state index in [-0.39, 0.29) is 18.0 Å². The molecule has 0 spiro atoms. The predicted octanol–water partition coefficient (Wildman–Crippen LogP) is 5.76. The van der Waals surface area contributed by atoms with Gasteiger partial charge in [0.05, 0.1) is 6.61 Å². The summed E-state index contributed by atoms with van der Waals surface area (Å²) in [5.74, 6) is -0.312. The van der Waals surface area contributed by atoms with Crippen LogP contribution in [-0.4, -0.2) is 38.4 Å². The van der Waals surface area contributed by atoms with Gasteiger partial charge in [-0.15, -0.1) is 0 Å². The van der Waals surface area contributed by atoms with Gasteiger partial charge < -0.3 is 14.2 Å². The molecular weight excluding hydrogens is 356 g/mol. The lowest BCUT2D eigenvalue weighted by molar-refractivity contribution is -0.147. The summed E-state index contributed by atoms with van der Waals surface area (Å²) >= 11 is 0. The molecular formula is C23H42O5. The van der Waals surface area contributed by atoms with Gasteiger partial charge in [0.25, 0.3) is 0 Å². The number of hydrogen-bond donors (Lipinski definition) is 0. The van der Waals surface area contributed by atoms with Gasteiger partial charge in [-0.25, -0.2) is 0 Å². The van der Waals surface area contributed by atoms with Crippen LogP contribution in [0.1, 0.15) is 97.3 Å². The van der Waals surface area contributed by atoms with Crippen LogP contribution in [0.25, 0.3) is 0 Å². The third-order valence-corrected chi connectivity index (χ3v) is 4.58. The number of rotatable bonds is 19. The van der Waals surface area contributed by atoms with Crippen LogP contribution >= 0.6 is 0 Å². The number of unbranched alkanes of at least 4 members (excludes halogenated alkanes) is 8. The minimum atomic E-state index is -0.184. The molecule has 0 N–H and O–H groups in total. The molecule has 0 saturated heterocycles. The van der Waals surface area contributed by atoms with Crippen molar-refractivity contribution in [1.29, 1.82) is 0 Å². The average molecular weight is 399 g/mol. The Kier molecular flexibility index (Phi) is 19.4. The van der Waals surface area contributed by atoms with E-state index >= 15 is 0 Å². The molecule has 1 atom stereocenters. The quantitative estimate of drug-likeness (QED) is 0.157. The molecule has 0 fully saturated rings. The molecule has 0 heterocycles. The second-order valence-corrected chi connectivity index (χ2v) is 7.31. The fraction of sp³-hybridized carbons (Fsp3) is 0.826. The SMILES string of the molecule is CCCCCCC(C/C=C/CCCCCCCC(=O)OCCOC)OC(C)=O. The molecule has 0 aromatic carbocycles. The lowest BCUT2D eigenvalue weighted by Gasteiger charge is -2.15. The topological polar surface area (TPSA) is 61.8 Å². The Labute approximate surface area is 172 Å². The molecule has 0 rings (SSSR count). The summed E-state index contributed by atoms with van der Waals surface area (Å²) < 4.78 is 15.3. The molecule has 0 bridgehead atoms. The van der Waals surface area contributed by atoms with Crippen LogP contribution in [0.5, 0.6) is 0 Å². The van der Waals surface area contributed by atoms with Crippen molar-refractivity contribution >= 4 is 11.9 Å². The molecule has 0 radical (unpaired) electrons. The van der Waals surface area contributed by atoms with Crippen molar-refractivity contribution in [2.45, 2.75) is 103 Å². The van der Waals surface area contributed by atoms with Crippen LogP contribution in [0.3, 0.4) is 0 Å². The normalized spacial score (nSPS) is 12.2. The van der Waals surface area contributed by atoms with Gasteiger partial charge in [0.1, 0.15) is 12.7 Å². The van der Waals surface area contributed by atoms with Crippen molar-refractivity contribution < 1.29 is 23.8 Å². The number of carbonyl (C=O) groups is 2. The number of hydrogen-bond acceptors (Lipinski definition) is 5. The second kappa shape index (κ2) is 20.4. The van der Waals surface area contributed by atoms with Crippen molar-refractivity contribution in [2.75, 3.05) is 20.3 Å². The fourth-order valence-electron chi connectivity index (χ4n) is 3.00. The Bertz CT molecular complexity index is 406. The van der Waals surface area contributed by atoms with E-state index in [0.29, 0.717) is 19.6 Å². The van der Waals surface area contributed by atoms with E-state index in [1.54, 1.807) is 7.11 Å². The third kappa shape index (κ3) is 19.4. The average Bonchev–Trinajstić information content (AvgIpc) is 2.66. The van der Waals surface area contributed by atoms with E-state index < -0.39 is 0 Å². The smallest absolute Gasteiger partial charge is 0.305 e. The van der Waals surface area contributed by atoms with Gasteiger partial charge in [-0.1, -0.05) is 57.6 Å². The van der Waals surface area contributed by atoms with E-state index in [1.807, 2.05) is 0 Å². The maximum Gasteiger partial charge on any atom is 0.305 e. The van der Waals surface area contributed by atoms with Crippen molar-refractivity contribution in [3.63, 3.8) is 0 Å².